The fraction of sp³-hybridized carbons (Fsp3) is 0.227. The number of halogens is 4. The van der Waals surface area contributed by atoms with E-state index in [1.165, 1.54) is 42.7 Å². The second-order valence-corrected chi connectivity index (χ2v) is 7.65. The second-order valence-electron chi connectivity index (χ2n) is 7.21. The highest BCUT2D eigenvalue weighted by atomic mass is 35.5. The van der Waals surface area contributed by atoms with Crippen molar-refractivity contribution in [3.05, 3.63) is 66.4 Å². The smallest absolute Gasteiger partial charge is 0.420 e. The summed E-state index contributed by atoms with van der Waals surface area (Å²) < 4.78 is 43.5. The van der Waals surface area contributed by atoms with E-state index in [1.54, 1.807) is 6.07 Å². The highest BCUT2D eigenvalue weighted by Crippen LogP contribution is 2.32. The lowest BCUT2D eigenvalue weighted by molar-refractivity contribution is -0.0964. The van der Waals surface area contributed by atoms with Crippen LogP contribution in [0.25, 0.3) is 11.1 Å². The number of aromatic nitrogens is 2. The number of anilines is 2. The molecule has 0 radical (unpaired) electrons. The molecule has 166 valence electrons. The summed E-state index contributed by atoms with van der Waals surface area (Å²) in [6.45, 7) is 1.65. The molecule has 0 unspecified atom stereocenters. The number of benzene rings is 1. The predicted molar refractivity (Wildman–Crippen MR) is 115 cm³/mol. The van der Waals surface area contributed by atoms with Crippen molar-refractivity contribution in [2.75, 3.05) is 23.3 Å². The van der Waals surface area contributed by atoms with Crippen molar-refractivity contribution in [2.45, 2.75) is 18.4 Å². The fourth-order valence-corrected chi connectivity index (χ4v) is 3.57. The van der Waals surface area contributed by atoms with Crippen LogP contribution in [0.2, 0.25) is 0 Å². The molecule has 0 spiro atoms. The first-order valence-electron chi connectivity index (χ1n) is 9.81. The van der Waals surface area contributed by atoms with E-state index in [1.807, 2.05) is 0 Å². The molecule has 0 atom stereocenters. The van der Waals surface area contributed by atoms with E-state index in [2.05, 4.69) is 24.9 Å². The van der Waals surface area contributed by atoms with Crippen LogP contribution in [0.3, 0.4) is 0 Å². The molecule has 1 aromatic carbocycles. The minimum Gasteiger partial charge on any atom is -0.420 e. The van der Waals surface area contributed by atoms with E-state index in [9.17, 15) is 18.0 Å². The van der Waals surface area contributed by atoms with Gasteiger partial charge in [0.15, 0.2) is 0 Å². The van der Waals surface area contributed by atoms with Crippen LogP contribution in [-0.2, 0) is 0 Å². The Morgan fingerprint density at radius 2 is 1.81 bits per heavy atom. The van der Waals surface area contributed by atoms with Gasteiger partial charge in [0.2, 0.25) is 0 Å². The quantitative estimate of drug-likeness (QED) is 0.503. The molecule has 1 aliphatic heterocycles. The van der Waals surface area contributed by atoms with Gasteiger partial charge in [0, 0.05) is 53.9 Å². The molecule has 10 heteroatoms. The molecule has 0 saturated carbocycles. The summed E-state index contributed by atoms with van der Waals surface area (Å²) in [6.07, 6.45) is 6.13. The van der Waals surface area contributed by atoms with E-state index in [-0.39, 0.29) is 11.3 Å². The SMILES string of the molecule is O=C(Nc1ccc(OC(F)(F)Cl)cc1)c1cnc(N2CCCC2)c(-c2cncc(F)c2)c1. The summed E-state index contributed by atoms with van der Waals surface area (Å²) in [5.41, 5.74) is -2.11. The van der Waals surface area contributed by atoms with Crippen molar-refractivity contribution in [3.63, 3.8) is 0 Å². The lowest BCUT2D eigenvalue weighted by Crippen LogP contribution is -2.21. The number of rotatable bonds is 6. The number of carbonyl (C=O) groups excluding carboxylic acids is 1. The van der Waals surface area contributed by atoms with E-state index in [4.69, 9.17) is 11.6 Å². The van der Waals surface area contributed by atoms with Crippen molar-refractivity contribution in [3.8, 4) is 16.9 Å². The number of pyridine rings is 2. The minimum absolute atomic E-state index is 0.152. The Morgan fingerprint density at radius 1 is 1.09 bits per heavy atom. The number of carbonyl (C=O) groups is 1. The first-order chi connectivity index (χ1) is 15.3. The molecule has 1 fully saturated rings. The summed E-state index contributed by atoms with van der Waals surface area (Å²) in [5.74, 6) is -0.447. The van der Waals surface area contributed by atoms with Gasteiger partial charge in [0.05, 0.1) is 11.8 Å². The van der Waals surface area contributed by atoms with Gasteiger partial charge in [-0.3, -0.25) is 9.78 Å². The first-order valence-corrected chi connectivity index (χ1v) is 10.2. The standard InChI is InChI=1S/C22H18ClF3N4O2/c23-22(25,26)32-18-5-3-17(4-6-18)29-21(31)15-10-19(14-9-16(24)13-27-11-14)20(28-12-15)30-7-1-2-8-30/h3-6,9-13H,1-2,7-8H2,(H,29,31). The van der Waals surface area contributed by atoms with Crippen LogP contribution in [0, 0.1) is 5.82 Å². The zero-order chi connectivity index (χ0) is 22.7. The first kappa shape index (κ1) is 21.9. The van der Waals surface area contributed by atoms with Crippen molar-refractivity contribution in [2.24, 2.45) is 0 Å². The van der Waals surface area contributed by atoms with E-state index < -0.39 is 17.3 Å². The highest BCUT2D eigenvalue weighted by molar-refractivity contribution is 6.20. The van der Waals surface area contributed by atoms with Gasteiger partial charge in [-0.05, 0) is 49.2 Å². The van der Waals surface area contributed by atoms with Crippen molar-refractivity contribution < 1.29 is 22.7 Å². The number of alkyl halides is 3. The average molecular weight is 463 g/mol. The van der Waals surface area contributed by atoms with Gasteiger partial charge in [-0.15, -0.1) is 8.78 Å². The maximum absolute atomic E-state index is 13.8. The third-order valence-electron chi connectivity index (χ3n) is 4.90. The molecule has 0 bridgehead atoms. The monoisotopic (exact) mass is 462 g/mol. The summed E-state index contributed by atoms with van der Waals surface area (Å²) >= 11 is 4.74. The van der Waals surface area contributed by atoms with Crippen LogP contribution >= 0.6 is 11.6 Å². The Kier molecular flexibility index (Phi) is 6.18. The Morgan fingerprint density at radius 3 is 2.47 bits per heavy atom. The molecular formula is C22H18ClF3N4O2. The van der Waals surface area contributed by atoms with E-state index >= 15 is 0 Å². The van der Waals surface area contributed by atoms with Crippen LogP contribution in [0.15, 0.2) is 55.0 Å². The summed E-state index contributed by atoms with van der Waals surface area (Å²) in [5, 5.41) is 2.67. The van der Waals surface area contributed by atoms with Crippen LogP contribution in [0.4, 0.5) is 24.7 Å². The molecule has 0 aliphatic carbocycles. The van der Waals surface area contributed by atoms with E-state index in [0.29, 0.717) is 22.6 Å². The minimum atomic E-state index is -3.82. The molecule has 3 aromatic rings. The Hall–Kier alpha value is -3.33. The number of ether oxygens (including phenoxy) is 1. The van der Waals surface area contributed by atoms with Gasteiger partial charge < -0.3 is 15.0 Å². The number of hydrogen-bond acceptors (Lipinski definition) is 5. The third-order valence-corrected chi connectivity index (χ3v) is 4.97. The molecule has 1 aliphatic rings. The van der Waals surface area contributed by atoms with Crippen LogP contribution in [0.1, 0.15) is 23.2 Å². The topological polar surface area (TPSA) is 67.3 Å². The maximum atomic E-state index is 13.8. The fourth-order valence-electron chi connectivity index (χ4n) is 3.48. The summed E-state index contributed by atoms with van der Waals surface area (Å²) in [6, 6.07) is 8.29. The van der Waals surface area contributed by atoms with Crippen LogP contribution in [-0.4, -0.2) is 34.5 Å². The molecule has 3 heterocycles. The lowest BCUT2D eigenvalue weighted by Gasteiger charge is -2.20. The zero-order valence-electron chi connectivity index (χ0n) is 16.7. The number of hydrogen-bond donors (Lipinski definition) is 1. The lowest BCUT2D eigenvalue weighted by atomic mass is 10.1. The number of nitrogens with zero attached hydrogens (tertiary/aromatic N) is 3. The van der Waals surface area contributed by atoms with Crippen molar-refractivity contribution in [1.29, 1.82) is 0 Å². The van der Waals surface area contributed by atoms with Gasteiger partial charge in [0.1, 0.15) is 17.4 Å². The molecule has 1 amide bonds. The second kappa shape index (κ2) is 9.04. The molecule has 1 saturated heterocycles. The third kappa shape index (κ3) is 5.28. The van der Waals surface area contributed by atoms with Gasteiger partial charge in [-0.25, -0.2) is 9.37 Å². The van der Waals surface area contributed by atoms with Crippen LogP contribution < -0.4 is 15.0 Å². The number of amides is 1. The largest absolute Gasteiger partial charge is 0.487 e. The summed E-state index contributed by atoms with van der Waals surface area (Å²) in [7, 11) is 0. The van der Waals surface area contributed by atoms with Gasteiger partial charge in [-0.2, -0.15) is 0 Å². The Labute approximate surface area is 187 Å². The molecule has 2 aromatic heterocycles. The highest BCUT2D eigenvalue weighted by Gasteiger charge is 2.27. The van der Waals surface area contributed by atoms with E-state index in [0.717, 1.165) is 32.1 Å². The Balaban J connectivity index is 1.59. The predicted octanol–water partition coefficient (Wildman–Crippen LogP) is 5.30. The average Bonchev–Trinajstić information content (AvgIpc) is 3.28. The summed E-state index contributed by atoms with van der Waals surface area (Å²) in [4.78, 5) is 23.3. The van der Waals surface area contributed by atoms with Gasteiger partial charge >= 0.3 is 5.57 Å². The van der Waals surface area contributed by atoms with Crippen molar-refractivity contribution >= 4 is 29.0 Å². The molecular weight excluding hydrogens is 445 g/mol. The van der Waals surface area contributed by atoms with Crippen molar-refractivity contribution in [1.82, 2.24) is 9.97 Å². The molecule has 32 heavy (non-hydrogen) atoms. The Bertz CT molecular complexity index is 1120. The van der Waals surface area contributed by atoms with Crippen LogP contribution in [0.5, 0.6) is 5.75 Å². The molecule has 6 nitrogen and oxygen atoms in total. The maximum Gasteiger partial charge on any atom is 0.487 e. The number of nitrogens with one attached hydrogen (secondary N) is 1. The molecule has 1 N–H and O–H groups in total. The van der Waals surface area contributed by atoms with Gasteiger partial charge in [-0.1, -0.05) is 0 Å². The molecule has 4 rings (SSSR count). The van der Waals surface area contributed by atoms with Gasteiger partial charge in [0.25, 0.3) is 5.91 Å². The normalized spacial score (nSPS) is 13.8. The zero-order valence-corrected chi connectivity index (χ0v) is 17.5.